The molecule has 33 heavy (non-hydrogen) atoms. The van der Waals surface area contributed by atoms with Crippen molar-refractivity contribution in [1.82, 2.24) is 20.6 Å². The number of rotatable bonds is 9. The van der Waals surface area contributed by atoms with Gasteiger partial charge in [0.05, 0.1) is 12.1 Å². The van der Waals surface area contributed by atoms with Crippen LogP contribution in [-0.4, -0.2) is 34.4 Å². The lowest BCUT2D eigenvalue weighted by Gasteiger charge is -2.20. The molecule has 3 rings (SSSR count). The van der Waals surface area contributed by atoms with Gasteiger partial charge in [-0.15, -0.1) is 0 Å². The van der Waals surface area contributed by atoms with Gasteiger partial charge in [0, 0.05) is 30.3 Å². The Balaban J connectivity index is 1.83. The number of aryl methyl sites for hydroxylation is 2. The predicted molar refractivity (Wildman–Crippen MR) is 132 cm³/mol. The maximum Gasteiger partial charge on any atom is 0.258 e. The minimum atomic E-state index is -0.433. The van der Waals surface area contributed by atoms with Gasteiger partial charge in [0.1, 0.15) is 10.4 Å². The molecule has 1 atom stereocenters. The van der Waals surface area contributed by atoms with Gasteiger partial charge in [-0.2, -0.15) is 0 Å². The molecule has 0 radical (unpaired) electrons. The number of amides is 2. The Kier molecular flexibility index (Phi) is 8.57. The number of hydrogen-bond acceptors (Lipinski definition) is 6. The fourth-order valence-corrected chi connectivity index (χ4v) is 4.34. The van der Waals surface area contributed by atoms with Gasteiger partial charge in [0.2, 0.25) is 5.91 Å². The number of anilines is 1. The summed E-state index contributed by atoms with van der Waals surface area (Å²) in [6.07, 6.45) is 4.99. The van der Waals surface area contributed by atoms with Gasteiger partial charge >= 0.3 is 0 Å². The summed E-state index contributed by atoms with van der Waals surface area (Å²) in [6, 6.07) is 13.2. The Bertz CT molecular complexity index is 1080. The van der Waals surface area contributed by atoms with Gasteiger partial charge in [-0.1, -0.05) is 31.7 Å². The molecule has 0 aliphatic rings. The second-order valence-electron chi connectivity index (χ2n) is 8.07. The Morgan fingerprint density at radius 2 is 1.70 bits per heavy atom. The molecule has 0 saturated heterocycles. The molecular weight excluding hydrogens is 434 g/mol. The molecule has 0 aliphatic heterocycles. The van der Waals surface area contributed by atoms with E-state index in [1.54, 1.807) is 30.7 Å². The standard InChI is InChI=1S/C25H29N5O2S/c1-16(2)28-15-22(31)30-24(19-7-10-26-11-8-19)33-25-21(6-5-9-27-25)23(32)29-20-13-17(3)12-18(4)14-20/h5-14,16,24,28H,15H2,1-4H3,(H,29,32)(H,30,31). The zero-order chi connectivity index (χ0) is 23.8. The normalized spacial score (nSPS) is 11.8. The van der Waals surface area contributed by atoms with Crippen LogP contribution in [0.3, 0.4) is 0 Å². The lowest BCUT2D eigenvalue weighted by atomic mass is 10.1. The van der Waals surface area contributed by atoms with E-state index in [9.17, 15) is 9.59 Å². The minimum absolute atomic E-state index is 0.143. The number of hydrogen-bond donors (Lipinski definition) is 3. The molecule has 2 heterocycles. The van der Waals surface area contributed by atoms with Gasteiger partial charge in [-0.25, -0.2) is 4.98 Å². The number of benzene rings is 1. The third kappa shape index (κ3) is 7.40. The molecule has 1 unspecified atom stereocenters. The van der Waals surface area contributed by atoms with Crippen LogP contribution in [0.5, 0.6) is 0 Å². The lowest BCUT2D eigenvalue weighted by molar-refractivity contribution is -0.120. The topological polar surface area (TPSA) is 96.0 Å². The highest BCUT2D eigenvalue weighted by Crippen LogP contribution is 2.34. The highest BCUT2D eigenvalue weighted by Gasteiger charge is 2.21. The summed E-state index contributed by atoms with van der Waals surface area (Å²) in [5.74, 6) is -0.396. The summed E-state index contributed by atoms with van der Waals surface area (Å²) in [5, 5.41) is 9.21. The van der Waals surface area contributed by atoms with Crippen LogP contribution < -0.4 is 16.0 Å². The Morgan fingerprint density at radius 3 is 2.36 bits per heavy atom. The average Bonchev–Trinajstić information content (AvgIpc) is 2.77. The number of carbonyl (C=O) groups excluding carboxylic acids is 2. The molecule has 0 spiro atoms. The van der Waals surface area contributed by atoms with E-state index in [1.165, 1.54) is 11.8 Å². The maximum atomic E-state index is 13.1. The van der Waals surface area contributed by atoms with Crippen LogP contribution in [0.15, 0.2) is 66.1 Å². The second kappa shape index (κ2) is 11.6. The van der Waals surface area contributed by atoms with E-state index in [4.69, 9.17) is 0 Å². The van der Waals surface area contributed by atoms with Crippen LogP contribution in [-0.2, 0) is 4.79 Å². The number of pyridine rings is 2. The van der Waals surface area contributed by atoms with Crippen molar-refractivity contribution in [2.45, 2.75) is 44.1 Å². The largest absolute Gasteiger partial charge is 0.339 e. The molecule has 2 aromatic heterocycles. The summed E-state index contributed by atoms with van der Waals surface area (Å²) in [4.78, 5) is 34.2. The SMILES string of the molecule is Cc1cc(C)cc(NC(=O)c2cccnc2SC(NC(=O)CNC(C)C)c2ccncc2)c1. The first-order valence-corrected chi connectivity index (χ1v) is 11.6. The van der Waals surface area contributed by atoms with Crippen LogP contribution in [0.4, 0.5) is 5.69 Å². The van der Waals surface area contributed by atoms with Crippen molar-refractivity contribution < 1.29 is 9.59 Å². The zero-order valence-corrected chi connectivity index (χ0v) is 20.1. The van der Waals surface area contributed by atoms with Crippen molar-refractivity contribution in [2.24, 2.45) is 0 Å². The fraction of sp³-hybridized carbons (Fsp3) is 0.280. The number of thioether (sulfide) groups is 1. The Labute approximate surface area is 198 Å². The third-order valence-electron chi connectivity index (χ3n) is 4.70. The molecule has 1 aromatic carbocycles. The summed E-state index contributed by atoms with van der Waals surface area (Å²) in [7, 11) is 0. The molecule has 172 valence electrons. The molecule has 0 bridgehead atoms. The van der Waals surface area contributed by atoms with Crippen molar-refractivity contribution in [3.05, 3.63) is 83.3 Å². The molecule has 8 heteroatoms. The van der Waals surface area contributed by atoms with Gasteiger partial charge in [-0.05, 0) is 66.9 Å². The number of nitrogens with one attached hydrogen (secondary N) is 3. The summed E-state index contributed by atoms with van der Waals surface area (Å²) in [5.41, 5.74) is 4.17. The van der Waals surface area contributed by atoms with E-state index < -0.39 is 5.37 Å². The van der Waals surface area contributed by atoms with Crippen LogP contribution in [0.25, 0.3) is 0 Å². The number of carbonyl (C=O) groups is 2. The van der Waals surface area contributed by atoms with E-state index in [2.05, 4.69) is 32.0 Å². The van der Waals surface area contributed by atoms with E-state index in [1.807, 2.05) is 52.0 Å². The molecule has 7 nitrogen and oxygen atoms in total. The molecule has 2 amide bonds. The first kappa shape index (κ1) is 24.4. The third-order valence-corrected chi connectivity index (χ3v) is 5.87. The summed E-state index contributed by atoms with van der Waals surface area (Å²) < 4.78 is 0. The maximum absolute atomic E-state index is 13.1. The van der Waals surface area contributed by atoms with Crippen LogP contribution >= 0.6 is 11.8 Å². The zero-order valence-electron chi connectivity index (χ0n) is 19.3. The molecule has 0 aliphatic carbocycles. The smallest absolute Gasteiger partial charge is 0.258 e. The van der Waals surface area contributed by atoms with E-state index >= 15 is 0 Å². The average molecular weight is 464 g/mol. The molecule has 0 saturated carbocycles. The summed E-state index contributed by atoms with van der Waals surface area (Å²) >= 11 is 1.32. The quantitative estimate of drug-likeness (QED) is 0.324. The van der Waals surface area contributed by atoms with E-state index in [-0.39, 0.29) is 24.4 Å². The first-order chi connectivity index (χ1) is 15.8. The van der Waals surface area contributed by atoms with Gasteiger partial charge in [0.15, 0.2) is 0 Å². The fourth-order valence-electron chi connectivity index (χ4n) is 3.23. The number of aromatic nitrogens is 2. The second-order valence-corrected chi connectivity index (χ2v) is 9.16. The highest BCUT2D eigenvalue weighted by molar-refractivity contribution is 7.99. The van der Waals surface area contributed by atoms with Crippen LogP contribution in [0.2, 0.25) is 0 Å². The molecule has 0 fully saturated rings. The molecule has 3 aromatic rings. The minimum Gasteiger partial charge on any atom is -0.339 e. The first-order valence-electron chi connectivity index (χ1n) is 10.8. The van der Waals surface area contributed by atoms with E-state index in [0.29, 0.717) is 10.6 Å². The van der Waals surface area contributed by atoms with Gasteiger partial charge in [0.25, 0.3) is 5.91 Å². The summed E-state index contributed by atoms with van der Waals surface area (Å²) in [6.45, 7) is 8.14. The monoisotopic (exact) mass is 463 g/mol. The van der Waals surface area contributed by atoms with Crippen molar-refractivity contribution in [2.75, 3.05) is 11.9 Å². The number of nitrogens with zero attached hydrogens (tertiary/aromatic N) is 2. The predicted octanol–water partition coefficient (Wildman–Crippen LogP) is 4.25. The molecule has 3 N–H and O–H groups in total. The van der Waals surface area contributed by atoms with Crippen LogP contribution in [0.1, 0.15) is 46.3 Å². The Hall–Kier alpha value is -3.23. The van der Waals surface area contributed by atoms with Crippen molar-refractivity contribution >= 4 is 29.3 Å². The van der Waals surface area contributed by atoms with E-state index in [0.717, 1.165) is 22.4 Å². The van der Waals surface area contributed by atoms with Crippen molar-refractivity contribution in [1.29, 1.82) is 0 Å². The lowest BCUT2D eigenvalue weighted by Crippen LogP contribution is -2.38. The van der Waals surface area contributed by atoms with Crippen molar-refractivity contribution in [3.8, 4) is 0 Å². The highest BCUT2D eigenvalue weighted by atomic mass is 32.2. The van der Waals surface area contributed by atoms with Gasteiger partial charge < -0.3 is 16.0 Å². The Morgan fingerprint density at radius 1 is 1.00 bits per heavy atom. The van der Waals surface area contributed by atoms with Crippen LogP contribution in [0, 0.1) is 13.8 Å². The van der Waals surface area contributed by atoms with Gasteiger partial charge in [-0.3, -0.25) is 14.6 Å². The molecular formula is C25H29N5O2S. The van der Waals surface area contributed by atoms with Crippen molar-refractivity contribution in [3.63, 3.8) is 0 Å².